The summed E-state index contributed by atoms with van der Waals surface area (Å²) in [7, 11) is 0. The first-order valence-corrected chi connectivity index (χ1v) is 8.58. The standard InChI is InChI=1S/C21H24N2O.ClH/c1-16(24)23-21-14-6-11-18-19(21)12-5-13-20(18)22-15-7-10-17-8-3-2-4-9-17;/h2-4,6-11,14,20,22H,5,12-13,15H2,1H3,(H,23,24);1H. The minimum atomic E-state index is -0.00993. The summed E-state index contributed by atoms with van der Waals surface area (Å²) in [5, 5.41) is 6.59. The number of hydrogen-bond acceptors (Lipinski definition) is 2. The lowest BCUT2D eigenvalue weighted by molar-refractivity contribution is -0.114. The van der Waals surface area contributed by atoms with Gasteiger partial charge in [-0.15, -0.1) is 12.4 Å². The monoisotopic (exact) mass is 356 g/mol. The summed E-state index contributed by atoms with van der Waals surface area (Å²) in [4.78, 5) is 11.4. The summed E-state index contributed by atoms with van der Waals surface area (Å²) in [6.07, 6.45) is 7.62. The van der Waals surface area contributed by atoms with E-state index in [4.69, 9.17) is 0 Å². The molecule has 1 amide bonds. The topological polar surface area (TPSA) is 41.1 Å². The number of amides is 1. The first kappa shape index (κ1) is 19.2. The molecule has 1 unspecified atom stereocenters. The molecule has 0 aromatic heterocycles. The van der Waals surface area contributed by atoms with Crippen LogP contribution in [0.2, 0.25) is 0 Å². The van der Waals surface area contributed by atoms with Gasteiger partial charge in [0.05, 0.1) is 0 Å². The predicted octanol–water partition coefficient (Wildman–Crippen LogP) is 4.75. The molecule has 0 spiro atoms. The van der Waals surface area contributed by atoms with Crippen molar-refractivity contribution in [2.24, 2.45) is 0 Å². The molecule has 1 aliphatic rings. The summed E-state index contributed by atoms with van der Waals surface area (Å²) in [6.45, 7) is 2.40. The SMILES string of the molecule is CC(=O)Nc1cccc2c1CCCC2NCC=Cc1ccccc1.Cl. The molecular weight excluding hydrogens is 332 g/mol. The van der Waals surface area contributed by atoms with Crippen LogP contribution in [0.25, 0.3) is 6.08 Å². The van der Waals surface area contributed by atoms with Crippen LogP contribution in [0.3, 0.4) is 0 Å². The summed E-state index contributed by atoms with van der Waals surface area (Å²) < 4.78 is 0. The zero-order valence-corrected chi connectivity index (χ0v) is 15.3. The van der Waals surface area contributed by atoms with Crippen molar-refractivity contribution in [3.8, 4) is 0 Å². The van der Waals surface area contributed by atoms with E-state index >= 15 is 0 Å². The number of anilines is 1. The molecule has 0 saturated carbocycles. The summed E-state index contributed by atoms with van der Waals surface area (Å²) in [5.41, 5.74) is 4.78. The van der Waals surface area contributed by atoms with Crippen LogP contribution in [0.15, 0.2) is 54.6 Å². The minimum absolute atomic E-state index is 0. The fraction of sp³-hybridized carbons (Fsp3) is 0.286. The highest BCUT2D eigenvalue weighted by Gasteiger charge is 2.21. The molecule has 0 bridgehead atoms. The maximum atomic E-state index is 11.4. The Morgan fingerprint density at radius 3 is 2.72 bits per heavy atom. The van der Waals surface area contributed by atoms with Crippen molar-refractivity contribution in [3.05, 3.63) is 71.3 Å². The third kappa shape index (κ3) is 5.18. The minimum Gasteiger partial charge on any atom is -0.326 e. The Balaban J connectivity index is 0.00000225. The van der Waals surface area contributed by atoms with Gasteiger partial charge < -0.3 is 10.6 Å². The van der Waals surface area contributed by atoms with Crippen molar-refractivity contribution >= 4 is 30.1 Å². The fourth-order valence-electron chi connectivity index (χ4n) is 3.34. The molecule has 0 radical (unpaired) electrons. The van der Waals surface area contributed by atoms with Crippen molar-refractivity contribution in [1.29, 1.82) is 0 Å². The van der Waals surface area contributed by atoms with Gasteiger partial charge in [-0.2, -0.15) is 0 Å². The van der Waals surface area contributed by atoms with E-state index in [1.807, 2.05) is 30.3 Å². The van der Waals surface area contributed by atoms with E-state index in [-0.39, 0.29) is 18.3 Å². The lowest BCUT2D eigenvalue weighted by atomic mass is 9.86. The quantitative estimate of drug-likeness (QED) is 0.811. The Morgan fingerprint density at radius 2 is 1.96 bits per heavy atom. The van der Waals surface area contributed by atoms with Crippen LogP contribution in [-0.2, 0) is 11.2 Å². The molecule has 3 rings (SSSR count). The molecular formula is C21H25ClN2O. The van der Waals surface area contributed by atoms with Crippen molar-refractivity contribution in [3.63, 3.8) is 0 Å². The van der Waals surface area contributed by atoms with Crippen molar-refractivity contribution in [2.45, 2.75) is 32.2 Å². The van der Waals surface area contributed by atoms with Gasteiger partial charge >= 0.3 is 0 Å². The molecule has 0 fully saturated rings. The summed E-state index contributed by atoms with van der Waals surface area (Å²) >= 11 is 0. The second-order valence-corrected chi connectivity index (χ2v) is 6.22. The molecule has 3 nitrogen and oxygen atoms in total. The molecule has 1 aliphatic carbocycles. The van der Waals surface area contributed by atoms with Crippen LogP contribution in [-0.4, -0.2) is 12.5 Å². The van der Waals surface area contributed by atoms with Crippen LogP contribution in [0.5, 0.6) is 0 Å². The highest BCUT2D eigenvalue weighted by Crippen LogP contribution is 2.34. The van der Waals surface area contributed by atoms with E-state index in [1.54, 1.807) is 6.92 Å². The maximum Gasteiger partial charge on any atom is 0.221 e. The number of rotatable bonds is 5. The van der Waals surface area contributed by atoms with Crippen LogP contribution in [0, 0.1) is 0 Å². The molecule has 1 atom stereocenters. The van der Waals surface area contributed by atoms with Gasteiger partial charge in [0.15, 0.2) is 0 Å². The summed E-state index contributed by atoms with van der Waals surface area (Å²) in [6, 6.07) is 16.9. The zero-order valence-electron chi connectivity index (χ0n) is 14.5. The van der Waals surface area contributed by atoms with Crippen molar-refractivity contribution in [2.75, 3.05) is 11.9 Å². The first-order valence-electron chi connectivity index (χ1n) is 8.58. The molecule has 25 heavy (non-hydrogen) atoms. The molecule has 0 aliphatic heterocycles. The van der Waals surface area contributed by atoms with E-state index in [0.717, 1.165) is 31.5 Å². The maximum absolute atomic E-state index is 11.4. The predicted molar refractivity (Wildman–Crippen MR) is 107 cm³/mol. The van der Waals surface area contributed by atoms with Gasteiger partial charge in [-0.05, 0) is 42.0 Å². The lowest BCUT2D eigenvalue weighted by Crippen LogP contribution is -2.26. The molecule has 4 heteroatoms. The Morgan fingerprint density at radius 1 is 1.16 bits per heavy atom. The molecule has 0 heterocycles. The smallest absolute Gasteiger partial charge is 0.221 e. The number of nitrogens with one attached hydrogen (secondary N) is 2. The molecule has 132 valence electrons. The zero-order chi connectivity index (χ0) is 16.8. The number of halogens is 1. The molecule has 0 saturated heterocycles. The number of hydrogen-bond donors (Lipinski definition) is 2. The Kier molecular flexibility index (Phi) is 7.23. The van der Waals surface area contributed by atoms with Crippen molar-refractivity contribution < 1.29 is 4.79 Å². The number of benzene rings is 2. The van der Waals surface area contributed by atoms with Gasteiger partial charge in [0.1, 0.15) is 0 Å². The van der Waals surface area contributed by atoms with Crippen LogP contribution in [0.4, 0.5) is 5.69 Å². The van der Waals surface area contributed by atoms with E-state index in [2.05, 4.69) is 41.0 Å². The molecule has 2 aromatic rings. The van der Waals surface area contributed by atoms with Crippen LogP contribution >= 0.6 is 12.4 Å². The highest BCUT2D eigenvalue weighted by atomic mass is 35.5. The van der Waals surface area contributed by atoms with Gasteiger partial charge in [0, 0.05) is 25.2 Å². The van der Waals surface area contributed by atoms with Gasteiger partial charge in [-0.25, -0.2) is 0 Å². The molecule has 2 N–H and O–H groups in total. The van der Waals surface area contributed by atoms with E-state index in [0.29, 0.717) is 6.04 Å². The normalized spacial score (nSPS) is 16.1. The first-order chi connectivity index (χ1) is 11.7. The average Bonchev–Trinajstić information content (AvgIpc) is 2.60. The van der Waals surface area contributed by atoms with E-state index in [1.165, 1.54) is 16.7 Å². The Labute approximate surface area is 155 Å². The summed E-state index contributed by atoms with van der Waals surface area (Å²) in [5.74, 6) is -0.00993. The van der Waals surface area contributed by atoms with Gasteiger partial charge in [-0.3, -0.25) is 4.79 Å². The van der Waals surface area contributed by atoms with Gasteiger partial charge in [0.2, 0.25) is 5.91 Å². The van der Waals surface area contributed by atoms with E-state index in [9.17, 15) is 4.79 Å². The third-order valence-corrected chi connectivity index (χ3v) is 4.41. The largest absolute Gasteiger partial charge is 0.326 e. The second kappa shape index (κ2) is 9.40. The van der Waals surface area contributed by atoms with Crippen LogP contribution < -0.4 is 10.6 Å². The van der Waals surface area contributed by atoms with Gasteiger partial charge in [0.25, 0.3) is 0 Å². The Bertz CT molecular complexity index is 728. The van der Waals surface area contributed by atoms with E-state index < -0.39 is 0 Å². The number of fused-ring (bicyclic) bond motifs is 1. The lowest BCUT2D eigenvalue weighted by Gasteiger charge is -2.28. The van der Waals surface area contributed by atoms with Crippen LogP contribution in [0.1, 0.15) is 42.5 Å². The number of carbonyl (C=O) groups excluding carboxylic acids is 1. The average molecular weight is 357 g/mol. The highest BCUT2D eigenvalue weighted by molar-refractivity contribution is 5.89. The second-order valence-electron chi connectivity index (χ2n) is 6.22. The molecule has 2 aromatic carbocycles. The fourth-order valence-corrected chi connectivity index (χ4v) is 3.34. The van der Waals surface area contributed by atoms with Crippen molar-refractivity contribution in [1.82, 2.24) is 5.32 Å². The third-order valence-electron chi connectivity index (χ3n) is 4.41. The Hall–Kier alpha value is -2.10. The number of carbonyl (C=O) groups is 1. The van der Waals surface area contributed by atoms with Gasteiger partial charge in [-0.1, -0.05) is 54.6 Å².